The number of hydrogen-bond donors (Lipinski definition) is 3. The lowest BCUT2D eigenvalue weighted by molar-refractivity contribution is 0.0940. The van der Waals surface area contributed by atoms with Crippen molar-refractivity contribution in [1.82, 2.24) is 15.4 Å². The van der Waals surface area contributed by atoms with Gasteiger partial charge in [-0.1, -0.05) is 6.07 Å². The number of benzene rings is 1. The number of amides is 1. The van der Waals surface area contributed by atoms with Crippen molar-refractivity contribution in [2.75, 3.05) is 13.1 Å². The molecule has 0 spiro atoms. The molecule has 2 aromatic rings. The zero-order chi connectivity index (χ0) is 17.0. The number of rotatable bonds is 6. The average molecular weight is 365 g/mol. The van der Waals surface area contributed by atoms with Gasteiger partial charge in [-0.15, -0.1) is 11.3 Å². The summed E-state index contributed by atoms with van der Waals surface area (Å²) in [6.45, 7) is 1.93. The summed E-state index contributed by atoms with van der Waals surface area (Å²) in [6.07, 6.45) is 0.908. The van der Waals surface area contributed by atoms with Crippen LogP contribution in [0.1, 0.15) is 21.7 Å². The summed E-state index contributed by atoms with van der Waals surface area (Å²) in [5.41, 5.74) is 0.458. The van der Waals surface area contributed by atoms with Crippen LogP contribution in [-0.2, 0) is 16.6 Å². The van der Waals surface area contributed by atoms with Crippen molar-refractivity contribution >= 4 is 27.3 Å². The monoisotopic (exact) mass is 365 g/mol. The maximum absolute atomic E-state index is 12.3. The van der Waals surface area contributed by atoms with Gasteiger partial charge in [0.05, 0.1) is 4.90 Å². The molecule has 1 aromatic heterocycles. The highest BCUT2D eigenvalue weighted by molar-refractivity contribution is 7.89. The van der Waals surface area contributed by atoms with Gasteiger partial charge >= 0.3 is 0 Å². The third-order valence-electron chi connectivity index (χ3n) is 3.84. The van der Waals surface area contributed by atoms with Gasteiger partial charge in [-0.2, -0.15) is 0 Å². The molecule has 1 atom stereocenters. The van der Waals surface area contributed by atoms with Crippen LogP contribution in [0.2, 0.25) is 0 Å². The zero-order valence-electron chi connectivity index (χ0n) is 13.0. The largest absolute Gasteiger partial charge is 0.348 e. The third-order valence-corrected chi connectivity index (χ3v) is 6.13. The summed E-state index contributed by atoms with van der Waals surface area (Å²) >= 11 is 1.50. The van der Waals surface area contributed by atoms with Gasteiger partial charge in [0.1, 0.15) is 0 Å². The Kier molecular flexibility index (Phi) is 5.30. The van der Waals surface area contributed by atoms with Gasteiger partial charge in [-0.25, -0.2) is 13.1 Å². The van der Waals surface area contributed by atoms with Crippen LogP contribution in [0.25, 0.3) is 0 Å². The smallest absolute Gasteiger partial charge is 0.251 e. The van der Waals surface area contributed by atoms with E-state index in [0.29, 0.717) is 5.56 Å². The number of nitrogens with one attached hydrogen (secondary N) is 3. The van der Waals surface area contributed by atoms with E-state index < -0.39 is 10.0 Å². The first-order valence-electron chi connectivity index (χ1n) is 7.68. The normalized spacial score (nSPS) is 17.8. The van der Waals surface area contributed by atoms with E-state index in [2.05, 4.69) is 15.4 Å². The average Bonchev–Trinajstić information content (AvgIpc) is 3.27. The minimum Gasteiger partial charge on any atom is -0.348 e. The Hall–Kier alpha value is -1.74. The lowest BCUT2D eigenvalue weighted by Crippen LogP contribution is -2.36. The molecule has 2 heterocycles. The van der Waals surface area contributed by atoms with Crippen LogP contribution >= 0.6 is 11.3 Å². The van der Waals surface area contributed by atoms with E-state index in [1.807, 2.05) is 17.5 Å². The Bertz CT molecular complexity index is 780. The molecule has 0 radical (unpaired) electrons. The Labute approximate surface area is 145 Å². The molecule has 1 aliphatic heterocycles. The summed E-state index contributed by atoms with van der Waals surface area (Å²) in [6, 6.07) is 9.87. The van der Waals surface area contributed by atoms with Crippen LogP contribution in [0.15, 0.2) is 46.7 Å². The summed E-state index contributed by atoms with van der Waals surface area (Å²) in [5, 5.41) is 8.01. The molecule has 128 valence electrons. The molecule has 0 saturated carbocycles. The minimum atomic E-state index is -3.59. The predicted octanol–water partition coefficient (Wildman–Crippen LogP) is 1.32. The molecule has 3 N–H and O–H groups in total. The fourth-order valence-corrected chi connectivity index (χ4v) is 4.24. The fraction of sp³-hybridized carbons (Fsp3) is 0.312. The molecule has 1 saturated heterocycles. The fourth-order valence-electron chi connectivity index (χ4n) is 2.49. The molecule has 1 fully saturated rings. The number of thiophene rings is 1. The Balaban J connectivity index is 1.63. The molecular formula is C16H19N3O3S2. The molecule has 1 amide bonds. The second-order valence-corrected chi connectivity index (χ2v) is 8.39. The molecule has 8 heteroatoms. The standard InChI is InChI=1S/C16H19N3O3S2/c20-16(19-13-7-8-17-10-13)12-3-5-15(6-4-12)24(21,22)18-11-14-2-1-9-23-14/h1-6,9,13,17-18H,7-8,10-11H2,(H,19,20). The van der Waals surface area contributed by atoms with E-state index in [0.717, 1.165) is 24.4 Å². The van der Waals surface area contributed by atoms with Gasteiger partial charge in [0, 0.05) is 29.6 Å². The van der Waals surface area contributed by atoms with Crippen LogP contribution < -0.4 is 15.4 Å². The SMILES string of the molecule is O=C(NC1CCNC1)c1ccc(S(=O)(=O)NCc2cccs2)cc1. The molecule has 24 heavy (non-hydrogen) atoms. The Morgan fingerprint density at radius 2 is 2.04 bits per heavy atom. The predicted molar refractivity (Wildman–Crippen MR) is 93.5 cm³/mol. The molecule has 1 unspecified atom stereocenters. The quantitative estimate of drug-likeness (QED) is 0.720. The summed E-state index contributed by atoms with van der Waals surface area (Å²) < 4.78 is 27.1. The van der Waals surface area contributed by atoms with Crippen molar-refractivity contribution in [1.29, 1.82) is 0 Å². The van der Waals surface area contributed by atoms with Crippen LogP contribution in [-0.4, -0.2) is 33.5 Å². The third kappa shape index (κ3) is 4.21. The van der Waals surface area contributed by atoms with Gasteiger partial charge < -0.3 is 10.6 Å². The van der Waals surface area contributed by atoms with Crippen molar-refractivity contribution in [3.8, 4) is 0 Å². The van der Waals surface area contributed by atoms with Crippen LogP contribution in [0.4, 0.5) is 0 Å². The van der Waals surface area contributed by atoms with E-state index in [4.69, 9.17) is 0 Å². The first-order chi connectivity index (χ1) is 11.5. The highest BCUT2D eigenvalue weighted by Crippen LogP contribution is 2.13. The summed E-state index contributed by atoms with van der Waals surface area (Å²) in [7, 11) is -3.59. The summed E-state index contributed by atoms with van der Waals surface area (Å²) in [5.74, 6) is -0.181. The maximum Gasteiger partial charge on any atom is 0.251 e. The lowest BCUT2D eigenvalue weighted by Gasteiger charge is -2.11. The minimum absolute atomic E-state index is 0.133. The van der Waals surface area contributed by atoms with Crippen molar-refractivity contribution in [2.24, 2.45) is 0 Å². The van der Waals surface area contributed by atoms with E-state index in [1.54, 1.807) is 0 Å². The number of sulfonamides is 1. The zero-order valence-corrected chi connectivity index (χ0v) is 14.6. The Morgan fingerprint density at radius 3 is 2.67 bits per heavy atom. The Morgan fingerprint density at radius 1 is 1.25 bits per heavy atom. The molecule has 3 rings (SSSR count). The van der Waals surface area contributed by atoms with E-state index in [-0.39, 0.29) is 23.4 Å². The van der Waals surface area contributed by atoms with E-state index in [9.17, 15) is 13.2 Å². The van der Waals surface area contributed by atoms with Crippen LogP contribution in [0.3, 0.4) is 0 Å². The van der Waals surface area contributed by atoms with Gasteiger partial charge in [-0.3, -0.25) is 4.79 Å². The highest BCUT2D eigenvalue weighted by atomic mass is 32.2. The second kappa shape index (κ2) is 7.43. The molecule has 6 nitrogen and oxygen atoms in total. The molecule has 1 aliphatic rings. The number of hydrogen-bond acceptors (Lipinski definition) is 5. The molecular weight excluding hydrogens is 346 g/mol. The molecule has 0 bridgehead atoms. The molecule has 0 aliphatic carbocycles. The van der Waals surface area contributed by atoms with Gasteiger partial charge in [0.25, 0.3) is 5.91 Å². The van der Waals surface area contributed by atoms with E-state index in [1.165, 1.54) is 35.6 Å². The van der Waals surface area contributed by atoms with Crippen LogP contribution in [0.5, 0.6) is 0 Å². The van der Waals surface area contributed by atoms with Crippen molar-refractivity contribution in [3.05, 3.63) is 52.2 Å². The molecule has 1 aromatic carbocycles. The first kappa shape index (κ1) is 17.1. The number of carbonyl (C=O) groups is 1. The second-order valence-electron chi connectivity index (χ2n) is 5.59. The van der Waals surface area contributed by atoms with Gasteiger partial charge in [0.2, 0.25) is 10.0 Å². The maximum atomic E-state index is 12.3. The number of carbonyl (C=O) groups excluding carboxylic acids is 1. The van der Waals surface area contributed by atoms with Gasteiger partial charge in [-0.05, 0) is 48.7 Å². The van der Waals surface area contributed by atoms with Crippen molar-refractivity contribution in [2.45, 2.75) is 23.9 Å². The van der Waals surface area contributed by atoms with E-state index >= 15 is 0 Å². The van der Waals surface area contributed by atoms with Crippen molar-refractivity contribution in [3.63, 3.8) is 0 Å². The topological polar surface area (TPSA) is 87.3 Å². The van der Waals surface area contributed by atoms with Crippen molar-refractivity contribution < 1.29 is 13.2 Å². The first-order valence-corrected chi connectivity index (χ1v) is 10.0. The lowest BCUT2D eigenvalue weighted by atomic mass is 10.2. The summed E-state index contributed by atoms with van der Waals surface area (Å²) in [4.78, 5) is 13.2. The highest BCUT2D eigenvalue weighted by Gasteiger charge is 2.19. The van der Waals surface area contributed by atoms with Gasteiger partial charge in [0.15, 0.2) is 0 Å². The van der Waals surface area contributed by atoms with Crippen LogP contribution in [0, 0.1) is 0 Å².